The molecule has 0 saturated carbocycles. The molecule has 1 aliphatic heterocycles. The highest BCUT2D eigenvalue weighted by Crippen LogP contribution is 2.27. The largest absolute Gasteiger partial charge is 0.478 e. The Balaban J connectivity index is 1.70. The number of aryl methyl sites for hydroxylation is 1. The molecule has 4 rings (SSSR count). The number of ether oxygens (including phenoxy) is 1. The summed E-state index contributed by atoms with van der Waals surface area (Å²) in [5, 5.41) is 2.10. The van der Waals surface area contributed by atoms with Gasteiger partial charge in [0.25, 0.3) is 11.5 Å². The number of rotatable bonds is 6. The highest BCUT2D eigenvalue weighted by Gasteiger charge is 2.24. The molecule has 180 valence electrons. The molecule has 1 fully saturated rings. The van der Waals surface area contributed by atoms with Crippen LogP contribution in [-0.4, -0.2) is 47.0 Å². The highest BCUT2D eigenvalue weighted by atomic mass is 35.5. The summed E-state index contributed by atoms with van der Waals surface area (Å²) in [5.41, 5.74) is 0.601. The standard InChI is InChI=1S/C25H30ClN5O3/c1-15-7-16(2)13-31(12-15)25-28-11-19(26)20(29-25)9-17-5-6-21-18(8-17)10-22(24(33)30(21)4)34-14-23(32)27-3/h5-6,8,10-11,15-16H,7,9,12-14H2,1-4H3,(H,27,32)/t15-,16+/i3D3,12D2,13D2,14D2. The Morgan fingerprint density at radius 1 is 1.35 bits per heavy atom. The van der Waals surface area contributed by atoms with E-state index in [9.17, 15) is 9.59 Å². The van der Waals surface area contributed by atoms with Gasteiger partial charge in [0.05, 0.1) is 25.2 Å². The minimum Gasteiger partial charge on any atom is -0.478 e. The summed E-state index contributed by atoms with van der Waals surface area (Å²) >= 11 is 6.41. The molecule has 9 heteroatoms. The number of hydrogen-bond donors (Lipinski definition) is 1. The van der Waals surface area contributed by atoms with Crippen LogP contribution in [0.15, 0.2) is 35.3 Å². The second-order valence-electron chi connectivity index (χ2n) is 8.20. The van der Waals surface area contributed by atoms with E-state index in [0.717, 1.165) is 4.90 Å². The monoisotopic (exact) mass is 492 g/mol. The van der Waals surface area contributed by atoms with Gasteiger partial charge < -0.3 is 19.5 Å². The van der Waals surface area contributed by atoms with E-state index in [1.165, 1.54) is 29.2 Å². The van der Waals surface area contributed by atoms with Crippen molar-refractivity contribution in [1.82, 2.24) is 19.9 Å². The second-order valence-corrected chi connectivity index (χ2v) is 8.60. The second kappa shape index (κ2) is 10.0. The van der Waals surface area contributed by atoms with Crippen molar-refractivity contribution in [2.45, 2.75) is 26.7 Å². The number of carbonyl (C=O) groups excluding carboxylic acids is 1. The third-order valence-corrected chi connectivity index (χ3v) is 5.72. The third-order valence-electron chi connectivity index (χ3n) is 5.40. The van der Waals surface area contributed by atoms with Crippen LogP contribution in [-0.2, 0) is 18.3 Å². The van der Waals surface area contributed by atoms with Gasteiger partial charge in [-0.3, -0.25) is 9.59 Å². The molecule has 3 aromatic rings. The molecule has 1 amide bonds. The quantitative estimate of drug-likeness (QED) is 0.568. The molecule has 0 unspecified atom stereocenters. The van der Waals surface area contributed by atoms with Crippen molar-refractivity contribution >= 4 is 34.4 Å². The molecule has 2 atom stereocenters. The number of halogens is 1. The SMILES string of the molecule is [2H]C([2H])([2H])NC(=O)C([2H])([2H])Oc1cc2cc(Cc3nc(N4C([2H])([2H])[C@H](C)C[C@H](C)C4([2H])[2H])ncc3Cl)ccc2n(C)c1=O. The molecule has 1 aromatic carbocycles. The number of piperidine rings is 1. The number of carbonyl (C=O) groups is 1. The number of likely N-dealkylation sites (N-methyl/N-ethyl adjacent to an activating group) is 1. The van der Waals surface area contributed by atoms with Crippen molar-refractivity contribution in [1.29, 1.82) is 0 Å². The van der Waals surface area contributed by atoms with Gasteiger partial charge in [-0.2, -0.15) is 0 Å². The van der Waals surface area contributed by atoms with Gasteiger partial charge in [-0.15, -0.1) is 0 Å². The van der Waals surface area contributed by atoms with Gasteiger partial charge in [0.1, 0.15) is 0 Å². The molecule has 1 aliphatic rings. The number of nitrogens with zero attached hydrogens (tertiary/aromatic N) is 4. The topological polar surface area (TPSA) is 89.3 Å². The van der Waals surface area contributed by atoms with Crippen LogP contribution in [0.25, 0.3) is 10.9 Å². The van der Waals surface area contributed by atoms with Crippen LogP contribution >= 0.6 is 11.6 Å². The molecule has 3 heterocycles. The van der Waals surface area contributed by atoms with Crippen molar-refractivity contribution in [2.75, 3.05) is 31.4 Å². The van der Waals surface area contributed by atoms with Gasteiger partial charge in [-0.25, -0.2) is 9.97 Å². The van der Waals surface area contributed by atoms with Crippen LogP contribution in [0.2, 0.25) is 5.02 Å². The number of anilines is 1. The summed E-state index contributed by atoms with van der Waals surface area (Å²) < 4.78 is 77.8. The zero-order chi connectivity index (χ0) is 32.3. The van der Waals surface area contributed by atoms with Crippen LogP contribution in [0.4, 0.5) is 5.95 Å². The smallest absolute Gasteiger partial charge is 0.293 e. The lowest BCUT2D eigenvalue weighted by molar-refractivity contribution is -0.122. The van der Waals surface area contributed by atoms with Crippen molar-refractivity contribution in [3.05, 3.63) is 57.1 Å². The van der Waals surface area contributed by atoms with Crippen LogP contribution in [0, 0.1) is 11.8 Å². The van der Waals surface area contributed by atoms with Gasteiger partial charge in [0.15, 0.2) is 12.3 Å². The van der Waals surface area contributed by atoms with E-state index in [1.54, 1.807) is 32.0 Å². The zero-order valence-corrected chi connectivity index (χ0v) is 19.6. The molecule has 0 spiro atoms. The first-order valence-electron chi connectivity index (χ1n) is 15.1. The predicted molar refractivity (Wildman–Crippen MR) is 134 cm³/mol. The Morgan fingerprint density at radius 3 is 2.85 bits per heavy atom. The fourth-order valence-electron chi connectivity index (χ4n) is 3.86. The van der Waals surface area contributed by atoms with Crippen molar-refractivity contribution in [3.63, 3.8) is 0 Å². The maximum absolute atomic E-state index is 12.9. The van der Waals surface area contributed by atoms with Gasteiger partial charge in [-0.1, -0.05) is 31.5 Å². The maximum atomic E-state index is 12.9. The van der Waals surface area contributed by atoms with Crippen LogP contribution in [0.1, 0.15) is 43.9 Å². The molecular formula is C25H30ClN5O3. The minimum absolute atomic E-state index is 0.107. The van der Waals surface area contributed by atoms with Gasteiger partial charge in [-0.05, 0) is 42.0 Å². The number of hydrogen-bond acceptors (Lipinski definition) is 6. The van der Waals surface area contributed by atoms with Crippen molar-refractivity contribution in [2.24, 2.45) is 18.9 Å². The Bertz CT molecular complexity index is 1610. The third kappa shape index (κ3) is 5.17. The van der Waals surface area contributed by atoms with Crippen molar-refractivity contribution < 1.29 is 21.9 Å². The van der Waals surface area contributed by atoms with E-state index in [4.69, 9.17) is 28.7 Å². The molecule has 2 aromatic heterocycles. The number of fused-ring (bicyclic) bond motifs is 1. The minimum atomic E-state index is -3.17. The van der Waals surface area contributed by atoms with E-state index in [1.807, 2.05) is 0 Å². The normalized spacial score (nSPS) is 25.9. The average Bonchev–Trinajstić information content (AvgIpc) is 2.86. The summed E-state index contributed by atoms with van der Waals surface area (Å²) in [7, 11) is 1.42. The number of benzene rings is 1. The summed E-state index contributed by atoms with van der Waals surface area (Å²) in [4.78, 5) is 34.6. The summed E-state index contributed by atoms with van der Waals surface area (Å²) in [6.07, 6.45) is 1.74. The van der Waals surface area contributed by atoms with E-state index >= 15 is 0 Å². The highest BCUT2D eigenvalue weighted by molar-refractivity contribution is 6.31. The summed E-state index contributed by atoms with van der Waals surface area (Å²) in [5.74, 6) is -3.25. The van der Waals surface area contributed by atoms with Gasteiger partial charge in [0, 0.05) is 48.4 Å². The van der Waals surface area contributed by atoms with Gasteiger partial charge >= 0.3 is 0 Å². The lowest BCUT2D eigenvalue weighted by Gasteiger charge is -2.35. The Labute approximate surface area is 216 Å². The van der Waals surface area contributed by atoms with E-state index < -0.39 is 55.6 Å². The molecular weight excluding hydrogens is 454 g/mol. The van der Waals surface area contributed by atoms with E-state index in [-0.39, 0.29) is 17.4 Å². The van der Waals surface area contributed by atoms with Crippen LogP contribution in [0.3, 0.4) is 0 Å². The average molecular weight is 493 g/mol. The summed E-state index contributed by atoms with van der Waals surface area (Å²) in [6.45, 7) is -6.86. The van der Waals surface area contributed by atoms with E-state index in [2.05, 4.69) is 9.97 Å². The van der Waals surface area contributed by atoms with Gasteiger partial charge in [0.2, 0.25) is 5.95 Å². The first-order chi connectivity index (χ1) is 19.6. The Morgan fingerprint density at radius 2 is 2.12 bits per heavy atom. The zero-order valence-electron chi connectivity index (χ0n) is 27.8. The van der Waals surface area contributed by atoms with E-state index in [0.29, 0.717) is 28.6 Å². The number of amides is 1. The first kappa shape index (κ1) is 15.0. The first-order valence-corrected chi connectivity index (χ1v) is 11.0. The molecule has 34 heavy (non-hydrogen) atoms. The Kier molecular flexibility index (Phi) is 4.41. The molecule has 0 bridgehead atoms. The maximum Gasteiger partial charge on any atom is 0.293 e. The molecule has 1 N–H and O–H groups in total. The van der Waals surface area contributed by atoms with Crippen LogP contribution in [0.5, 0.6) is 5.75 Å². The molecule has 1 saturated heterocycles. The lowest BCUT2D eigenvalue weighted by Crippen LogP contribution is -2.39. The van der Waals surface area contributed by atoms with Crippen LogP contribution < -0.4 is 20.5 Å². The molecule has 8 nitrogen and oxygen atoms in total. The number of aromatic nitrogens is 3. The summed E-state index contributed by atoms with van der Waals surface area (Å²) in [6, 6.07) is 6.22. The number of pyridine rings is 1. The lowest BCUT2D eigenvalue weighted by atomic mass is 9.92. The predicted octanol–water partition coefficient (Wildman–Crippen LogP) is 3.18. The Hall–Kier alpha value is -3.13. The fourth-order valence-corrected chi connectivity index (χ4v) is 4.02. The molecule has 0 aliphatic carbocycles. The van der Waals surface area contributed by atoms with Crippen molar-refractivity contribution in [3.8, 4) is 5.75 Å². The fraction of sp³-hybridized carbons (Fsp3) is 0.440. The molecule has 0 radical (unpaired) electrons. The number of nitrogens with one attached hydrogen (secondary N) is 1.